The first-order valence-electron chi connectivity index (χ1n) is 19.0. The number of hydrogen-bond acceptors (Lipinski definition) is 5. The van der Waals surface area contributed by atoms with Crippen LogP contribution in [-0.2, 0) is 0 Å². The zero-order valence-corrected chi connectivity index (χ0v) is 26.7. The largest absolute Gasteiger partial charge is 0.456 e. The summed E-state index contributed by atoms with van der Waals surface area (Å²) >= 11 is 0. The van der Waals surface area contributed by atoms with Gasteiger partial charge in [-0.05, 0) is 53.6 Å². The summed E-state index contributed by atoms with van der Waals surface area (Å²) in [4.78, 5) is 15.2. The van der Waals surface area contributed by atoms with Crippen LogP contribution in [0.2, 0.25) is 0 Å². The summed E-state index contributed by atoms with van der Waals surface area (Å²) in [5.74, 6) is 1.38. The Hall–Kier alpha value is -7.05. The normalized spacial score (nSPS) is 13.3. The van der Waals surface area contributed by atoms with Crippen LogP contribution in [0.4, 0.5) is 0 Å². The van der Waals surface area contributed by atoms with Crippen LogP contribution in [0.3, 0.4) is 0 Å². The second kappa shape index (κ2) is 10.7. The minimum Gasteiger partial charge on any atom is -0.456 e. The Morgan fingerprint density at radius 1 is 0.451 bits per heavy atom. The minimum atomic E-state index is -0.437. The number of rotatable bonds is 4. The van der Waals surface area contributed by atoms with Crippen LogP contribution in [0, 0.1) is 0 Å². The predicted octanol–water partition coefficient (Wildman–Crippen LogP) is 11.8. The van der Waals surface area contributed by atoms with E-state index in [1.54, 1.807) is 12.1 Å². The number of furan rings is 2. The van der Waals surface area contributed by atoms with Crippen molar-refractivity contribution in [3.05, 3.63) is 158 Å². The molecule has 0 saturated carbocycles. The van der Waals surface area contributed by atoms with E-state index in [1.165, 1.54) is 0 Å². The van der Waals surface area contributed by atoms with Crippen LogP contribution in [-0.4, -0.2) is 19.5 Å². The van der Waals surface area contributed by atoms with Crippen molar-refractivity contribution in [1.29, 1.82) is 0 Å². The Kier molecular flexibility index (Phi) is 4.91. The maximum Gasteiger partial charge on any atom is 0.238 e. The van der Waals surface area contributed by atoms with Gasteiger partial charge in [0.25, 0.3) is 0 Å². The first-order valence-corrected chi connectivity index (χ1v) is 16.5. The van der Waals surface area contributed by atoms with E-state index in [0.717, 1.165) is 54.7 Å². The molecule has 0 unspecified atom stereocenters. The minimum absolute atomic E-state index is 0.120. The van der Waals surface area contributed by atoms with Gasteiger partial charge in [0.2, 0.25) is 5.95 Å². The van der Waals surface area contributed by atoms with Crippen molar-refractivity contribution >= 4 is 65.7 Å². The second-order valence-electron chi connectivity index (χ2n) is 12.4. The lowest BCUT2D eigenvalue weighted by atomic mass is 9.99. The number of para-hydroxylation sites is 2. The van der Waals surface area contributed by atoms with Crippen LogP contribution < -0.4 is 0 Å². The molecule has 0 spiro atoms. The third kappa shape index (κ3) is 4.20. The van der Waals surface area contributed by atoms with E-state index in [4.69, 9.17) is 30.6 Å². The van der Waals surface area contributed by atoms with Gasteiger partial charge in [-0.1, -0.05) is 115 Å². The summed E-state index contributed by atoms with van der Waals surface area (Å²) in [5, 5.41) is 5.53. The molecule has 4 aromatic heterocycles. The smallest absolute Gasteiger partial charge is 0.238 e. The predicted molar refractivity (Wildman–Crippen MR) is 205 cm³/mol. The molecule has 0 fully saturated rings. The van der Waals surface area contributed by atoms with Crippen molar-refractivity contribution in [2.45, 2.75) is 0 Å². The first kappa shape index (κ1) is 23.3. The molecule has 238 valence electrons. The number of fused-ring (bicyclic) bond motifs is 10. The zero-order valence-electron chi connectivity index (χ0n) is 31.7. The van der Waals surface area contributed by atoms with Crippen molar-refractivity contribution in [3.8, 4) is 39.9 Å². The number of aromatic nitrogens is 4. The molecule has 0 amide bonds. The topological polar surface area (TPSA) is 69.9 Å². The van der Waals surface area contributed by atoms with Gasteiger partial charge in [-0.15, -0.1) is 0 Å². The Labute approximate surface area is 297 Å². The van der Waals surface area contributed by atoms with Crippen LogP contribution in [0.15, 0.2) is 166 Å². The molecule has 4 heterocycles. The summed E-state index contributed by atoms with van der Waals surface area (Å²) in [6.07, 6.45) is 0. The molecule has 0 radical (unpaired) electrons. The lowest BCUT2D eigenvalue weighted by molar-refractivity contribution is 0.669. The summed E-state index contributed by atoms with van der Waals surface area (Å²) < 4.78 is 56.8. The summed E-state index contributed by atoms with van der Waals surface area (Å²) in [5.41, 5.74) is 6.66. The highest BCUT2D eigenvalue weighted by Crippen LogP contribution is 2.42. The van der Waals surface area contributed by atoms with E-state index in [-0.39, 0.29) is 17.6 Å². The van der Waals surface area contributed by atoms with E-state index in [1.807, 2.05) is 91.0 Å². The van der Waals surface area contributed by atoms with Gasteiger partial charge in [0.1, 0.15) is 22.3 Å². The quantitative estimate of drug-likeness (QED) is 0.188. The van der Waals surface area contributed by atoms with Crippen LogP contribution in [0.5, 0.6) is 0 Å². The van der Waals surface area contributed by atoms with Gasteiger partial charge in [-0.3, -0.25) is 4.57 Å². The van der Waals surface area contributed by atoms with Crippen molar-refractivity contribution in [2.75, 3.05) is 0 Å². The van der Waals surface area contributed by atoms with E-state index < -0.39 is 18.1 Å². The van der Waals surface area contributed by atoms with Crippen LogP contribution in [0.25, 0.3) is 106 Å². The average Bonchev–Trinajstić information content (AvgIpc) is 3.92. The molecule has 0 aliphatic heterocycles. The molecule has 0 saturated heterocycles. The fourth-order valence-corrected chi connectivity index (χ4v) is 7.36. The lowest BCUT2D eigenvalue weighted by Gasteiger charge is -2.11. The van der Waals surface area contributed by atoms with Gasteiger partial charge in [-0.2, -0.15) is 9.97 Å². The Bertz CT molecular complexity index is 3420. The molecule has 11 rings (SSSR count). The van der Waals surface area contributed by atoms with E-state index in [0.29, 0.717) is 45.3 Å². The number of benzene rings is 7. The van der Waals surface area contributed by atoms with E-state index in [2.05, 4.69) is 28.8 Å². The maximum absolute atomic E-state index is 8.66. The maximum atomic E-state index is 8.66. The van der Waals surface area contributed by atoms with Gasteiger partial charge >= 0.3 is 0 Å². The molecule has 6 heteroatoms. The second-order valence-corrected chi connectivity index (χ2v) is 12.4. The molecular formula is C45H26N4O2. The fraction of sp³-hybridized carbons (Fsp3) is 0. The molecule has 0 N–H and O–H groups in total. The van der Waals surface area contributed by atoms with Crippen molar-refractivity contribution in [3.63, 3.8) is 0 Å². The lowest BCUT2D eigenvalue weighted by Crippen LogP contribution is -2.06. The number of hydrogen-bond donors (Lipinski definition) is 0. The van der Waals surface area contributed by atoms with E-state index >= 15 is 0 Å². The zero-order chi connectivity index (χ0) is 37.8. The van der Waals surface area contributed by atoms with Crippen LogP contribution in [0.1, 0.15) is 6.85 Å². The standard InChI is InChI=1S/C45H26N4O2/c1-3-12-27(13-4-1)30-18-11-21-37-40(30)33-23-22-29(26-39(33)51-37)44-46-43(28-14-5-2-6-15-28)47-45(48-44)49-34-19-9-7-16-31(34)41-35(49)24-25-38-42(41)32-17-8-10-20-36(32)50-38/h1-26H/i1D,3D,4D,12D,13D. The summed E-state index contributed by atoms with van der Waals surface area (Å²) in [6, 6.07) is 39.4. The van der Waals surface area contributed by atoms with Gasteiger partial charge < -0.3 is 8.83 Å². The average molecular weight is 660 g/mol. The fourth-order valence-electron chi connectivity index (χ4n) is 7.36. The monoisotopic (exact) mass is 659 g/mol. The molecule has 0 aliphatic carbocycles. The summed E-state index contributed by atoms with van der Waals surface area (Å²) in [7, 11) is 0. The SMILES string of the molecule is [2H]c1c([2H])c([2H])c(-c2cccc3oc4cc(-c5nc(-c6ccccc6)nc(-n6c7ccccc7c7c8c(ccc76)oc6ccccc68)n5)ccc4c23)c([2H])c1[2H]. The summed E-state index contributed by atoms with van der Waals surface area (Å²) in [6.45, 7) is 0. The first-order chi connectivity index (χ1) is 27.4. The van der Waals surface area contributed by atoms with Crippen molar-refractivity contribution in [1.82, 2.24) is 19.5 Å². The highest BCUT2D eigenvalue weighted by Gasteiger charge is 2.22. The molecule has 11 aromatic rings. The number of nitrogens with zero attached hydrogens (tertiary/aromatic N) is 4. The van der Waals surface area contributed by atoms with E-state index in [9.17, 15) is 0 Å². The van der Waals surface area contributed by atoms with Crippen molar-refractivity contribution in [2.24, 2.45) is 0 Å². The Morgan fingerprint density at radius 2 is 1.16 bits per heavy atom. The highest BCUT2D eigenvalue weighted by atomic mass is 16.3. The third-order valence-corrected chi connectivity index (χ3v) is 9.56. The Morgan fingerprint density at radius 3 is 2.04 bits per heavy atom. The van der Waals surface area contributed by atoms with Crippen molar-refractivity contribution < 1.29 is 15.7 Å². The molecule has 0 aliphatic rings. The molecule has 0 bridgehead atoms. The van der Waals surface area contributed by atoms with Gasteiger partial charge in [0.05, 0.1) is 17.9 Å². The van der Waals surface area contributed by atoms with Gasteiger partial charge in [-0.25, -0.2) is 4.98 Å². The molecule has 6 nitrogen and oxygen atoms in total. The Balaban J connectivity index is 1.15. The molecule has 51 heavy (non-hydrogen) atoms. The highest BCUT2D eigenvalue weighted by molar-refractivity contribution is 6.27. The molecular weight excluding hydrogens is 629 g/mol. The molecule has 0 atom stereocenters. The van der Waals surface area contributed by atoms with Gasteiger partial charge in [0, 0.05) is 43.4 Å². The third-order valence-electron chi connectivity index (χ3n) is 9.56. The van der Waals surface area contributed by atoms with Crippen LogP contribution >= 0.6 is 0 Å². The molecule has 7 aromatic carbocycles. The van der Waals surface area contributed by atoms with Gasteiger partial charge in [0.15, 0.2) is 11.6 Å².